The van der Waals surface area contributed by atoms with Crippen molar-refractivity contribution in [1.82, 2.24) is 0 Å². The molecule has 0 heterocycles. The lowest BCUT2D eigenvalue weighted by Crippen LogP contribution is -2.18. The van der Waals surface area contributed by atoms with E-state index in [9.17, 15) is 15.3 Å². The summed E-state index contributed by atoms with van der Waals surface area (Å²) in [5.41, 5.74) is 7.68. The van der Waals surface area contributed by atoms with E-state index in [1.807, 2.05) is 19.1 Å². The highest BCUT2D eigenvalue weighted by Crippen LogP contribution is 2.48. The van der Waals surface area contributed by atoms with Crippen LogP contribution in [-0.4, -0.2) is 15.3 Å². The van der Waals surface area contributed by atoms with Crippen molar-refractivity contribution in [1.29, 1.82) is 0 Å². The molecule has 2 atom stereocenters. The number of phenolic OH excluding ortho intramolecular Hbond substituents is 3. The third-order valence-electron chi connectivity index (χ3n) is 8.81. The van der Waals surface area contributed by atoms with Crippen LogP contribution in [0.15, 0.2) is 36.4 Å². The molecule has 230 valence electrons. The molecule has 0 spiro atoms. The first-order valence-electron chi connectivity index (χ1n) is 15.4. The van der Waals surface area contributed by atoms with E-state index in [1.54, 1.807) is 0 Å². The smallest absolute Gasteiger partial charge is 0.123 e. The van der Waals surface area contributed by atoms with Crippen molar-refractivity contribution >= 4 is 0 Å². The van der Waals surface area contributed by atoms with Gasteiger partial charge < -0.3 is 15.3 Å². The molecule has 0 aliphatic carbocycles. The summed E-state index contributed by atoms with van der Waals surface area (Å²) in [7, 11) is 0. The first-order valence-corrected chi connectivity index (χ1v) is 15.4. The second-order valence-electron chi connectivity index (χ2n) is 16.7. The molecule has 0 aliphatic heterocycles. The Balaban J connectivity index is 2.29. The Morgan fingerprint density at radius 1 is 0.429 bits per heavy atom. The monoisotopic (exact) mass is 572 g/mol. The topological polar surface area (TPSA) is 60.7 Å². The molecule has 0 bridgehead atoms. The zero-order valence-electron chi connectivity index (χ0n) is 29.0. The van der Waals surface area contributed by atoms with E-state index in [2.05, 4.69) is 121 Å². The second kappa shape index (κ2) is 11.0. The van der Waals surface area contributed by atoms with Gasteiger partial charge in [0.15, 0.2) is 0 Å². The van der Waals surface area contributed by atoms with E-state index in [0.29, 0.717) is 11.5 Å². The molecule has 0 aromatic heterocycles. The van der Waals surface area contributed by atoms with Gasteiger partial charge >= 0.3 is 0 Å². The molecule has 3 aromatic carbocycles. The van der Waals surface area contributed by atoms with Crippen molar-refractivity contribution in [2.45, 2.75) is 137 Å². The summed E-state index contributed by atoms with van der Waals surface area (Å²) in [5, 5.41) is 35.1. The molecule has 0 aliphatic rings. The number of rotatable bonds is 4. The summed E-state index contributed by atoms with van der Waals surface area (Å²) in [6, 6.07) is 12.5. The molecular weight excluding hydrogens is 516 g/mol. The lowest BCUT2D eigenvalue weighted by atomic mass is 9.75. The lowest BCUT2D eigenvalue weighted by Gasteiger charge is -2.30. The molecule has 3 heteroatoms. The molecule has 0 amide bonds. The largest absolute Gasteiger partial charge is 0.507 e. The Kier molecular flexibility index (Phi) is 8.76. The zero-order chi connectivity index (χ0) is 32.3. The predicted octanol–water partition coefficient (Wildman–Crippen LogP) is 10.6. The number of hydrogen-bond acceptors (Lipinski definition) is 3. The normalized spacial score (nSPS) is 14.6. The van der Waals surface area contributed by atoms with Crippen LogP contribution in [0.5, 0.6) is 17.2 Å². The fraction of sp³-hybridized carbons (Fsp3) is 0.538. The maximum absolute atomic E-state index is 11.9. The molecule has 42 heavy (non-hydrogen) atoms. The van der Waals surface area contributed by atoms with Crippen LogP contribution >= 0.6 is 0 Å². The van der Waals surface area contributed by atoms with E-state index in [-0.39, 0.29) is 39.2 Å². The molecule has 3 rings (SSSR count). The van der Waals surface area contributed by atoms with Crippen LogP contribution in [0.4, 0.5) is 0 Å². The summed E-state index contributed by atoms with van der Waals surface area (Å²) in [4.78, 5) is 0. The molecule has 0 saturated carbocycles. The first kappa shape index (κ1) is 33.6. The van der Waals surface area contributed by atoms with E-state index >= 15 is 0 Å². The van der Waals surface area contributed by atoms with Gasteiger partial charge in [0.25, 0.3) is 0 Å². The Morgan fingerprint density at radius 3 is 0.976 bits per heavy atom. The minimum absolute atomic E-state index is 0.100. The summed E-state index contributed by atoms with van der Waals surface area (Å²) < 4.78 is 0. The average molecular weight is 573 g/mol. The van der Waals surface area contributed by atoms with Crippen LogP contribution in [0.1, 0.15) is 159 Å². The van der Waals surface area contributed by atoms with Crippen molar-refractivity contribution in [3.63, 3.8) is 0 Å². The van der Waals surface area contributed by atoms with Crippen LogP contribution in [-0.2, 0) is 21.7 Å². The average Bonchev–Trinajstić information content (AvgIpc) is 2.81. The van der Waals surface area contributed by atoms with Crippen LogP contribution in [0, 0.1) is 6.92 Å². The number of benzene rings is 3. The third kappa shape index (κ3) is 6.66. The summed E-state index contributed by atoms with van der Waals surface area (Å²) in [5.74, 6) is 0.307. The highest BCUT2D eigenvalue weighted by atomic mass is 16.3. The molecular formula is C39H56O3. The zero-order valence-corrected chi connectivity index (χ0v) is 29.0. The molecule has 0 fully saturated rings. The quantitative estimate of drug-likeness (QED) is 0.291. The number of aryl methyl sites for hydroxylation is 1. The molecule has 2 unspecified atom stereocenters. The van der Waals surface area contributed by atoms with Crippen molar-refractivity contribution < 1.29 is 15.3 Å². The van der Waals surface area contributed by atoms with Crippen LogP contribution in [0.3, 0.4) is 0 Å². The van der Waals surface area contributed by atoms with Gasteiger partial charge in [-0.15, -0.1) is 0 Å². The van der Waals surface area contributed by atoms with Gasteiger partial charge in [-0.05, 0) is 50.8 Å². The lowest BCUT2D eigenvalue weighted by molar-refractivity contribution is 0.431. The minimum atomic E-state index is -0.251. The highest BCUT2D eigenvalue weighted by molar-refractivity contribution is 5.59. The number of phenols is 3. The third-order valence-corrected chi connectivity index (χ3v) is 8.81. The molecule has 0 radical (unpaired) electrons. The van der Waals surface area contributed by atoms with Crippen LogP contribution < -0.4 is 0 Å². The second-order valence-corrected chi connectivity index (χ2v) is 16.7. The van der Waals surface area contributed by atoms with E-state index in [0.717, 1.165) is 50.1 Å². The number of aromatic hydroxyl groups is 3. The van der Waals surface area contributed by atoms with Crippen molar-refractivity contribution in [3.05, 3.63) is 86.5 Å². The SMILES string of the molecule is Cc1cc(C(C)c2cc(C(C)(C)C)cc(C(C)(C)C)c2O)c(O)c(C(C)c2cc(C(C)(C)C)cc(C(C)(C)C)c2O)c1. The van der Waals surface area contributed by atoms with Gasteiger partial charge in [0.05, 0.1) is 0 Å². The van der Waals surface area contributed by atoms with Gasteiger partial charge in [0, 0.05) is 34.1 Å². The minimum Gasteiger partial charge on any atom is -0.507 e. The van der Waals surface area contributed by atoms with Gasteiger partial charge in [0.1, 0.15) is 17.2 Å². The van der Waals surface area contributed by atoms with E-state index < -0.39 is 0 Å². The van der Waals surface area contributed by atoms with Gasteiger partial charge in [-0.3, -0.25) is 0 Å². The fourth-order valence-corrected chi connectivity index (χ4v) is 5.81. The maximum Gasteiger partial charge on any atom is 0.123 e. The van der Waals surface area contributed by atoms with Crippen molar-refractivity contribution in [2.24, 2.45) is 0 Å². The molecule has 3 aromatic rings. The van der Waals surface area contributed by atoms with Crippen molar-refractivity contribution in [3.8, 4) is 17.2 Å². The molecule has 3 N–H and O–H groups in total. The summed E-state index contributed by atoms with van der Waals surface area (Å²) >= 11 is 0. The molecule has 0 saturated heterocycles. The van der Waals surface area contributed by atoms with Gasteiger partial charge in [-0.2, -0.15) is 0 Å². The maximum atomic E-state index is 11.9. The fourth-order valence-electron chi connectivity index (χ4n) is 5.81. The standard InChI is InChI=1S/C39H56O3/c1-22-16-27(23(2)29-18-25(36(4,5)6)20-31(34(29)41)38(10,11)12)33(40)28(17-22)24(3)30-19-26(37(7,8)9)21-32(35(30)42)39(13,14)15/h16-21,23-24,40-42H,1-15H3. The van der Waals surface area contributed by atoms with Crippen molar-refractivity contribution in [2.75, 3.05) is 0 Å². The Morgan fingerprint density at radius 2 is 0.714 bits per heavy atom. The summed E-state index contributed by atoms with van der Waals surface area (Å²) in [6.45, 7) is 32.0. The van der Waals surface area contributed by atoms with Gasteiger partial charge in [-0.25, -0.2) is 0 Å². The van der Waals surface area contributed by atoms with Crippen LogP contribution in [0.2, 0.25) is 0 Å². The number of hydrogen-bond donors (Lipinski definition) is 3. The predicted molar refractivity (Wildman–Crippen MR) is 179 cm³/mol. The highest BCUT2D eigenvalue weighted by Gasteiger charge is 2.31. The van der Waals surface area contributed by atoms with Gasteiger partial charge in [-0.1, -0.05) is 139 Å². The van der Waals surface area contributed by atoms with Gasteiger partial charge in [0.2, 0.25) is 0 Å². The van der Waals surface area contributed by atoms with E-state index in [1.165, 1.54) is 0 Å². The Labute approximate surface area is 256 Å². The van der Waals surface area contributed by atoms with Crippen LogP contribution in [0.25, 0.3) is 0 Å². The first-order chi connectivity index (χ1) is 18.9. The molecule has 3 nitrogen and oxygen atoms in total. The summed E-state index contributed by atoms with van der Waals surface area (Å²) in [6.07, 6.45) is 0. The Hall–Kier alpha value is -2.94. The van der Waals surface area contributed by atoms with E-state index in [4.69, 9.17) is 0 Å². The Bertz CT molecular complexity index is 1360.